The number of methoxy groups -OCH3 is 2. The predicted molar refractivity (Wildman–Crippen MR) is 71.4 cm³/mol. The van der Waals surface area contributed by atoms with Gasteiger partial charge >= 0.3 is 5.97 Å². The molecule has 0 spiro atoms. The molecule has 0 aliphatic carbocycles. The number of rotatable bonds is 8. The third kappa shape index (κ3) is 5.61. The van der Waals surface area contributed by atoms with E-state index < -0.39 is 5.97 Å². The minimum absolute atomic E-state index is 0.0753. The predicted octanol–water partition coefficient (Wildman–Crippen LogP) is -0.172. The number of carbonyl (C=O) groups excluding carboxylic acids is 2. The maximum absolute atomic E-state index is 11.4. The van der Waals surface area contributed by atoms with E-state index in [-0.39, 0.29) is 11.6 Å². The molecular weight excluding hydrogens is 264 g/mol. The first-order chi connectivity index (χ1) is 9.67. The summed E-state index contributed by atoms with van der Waals surface area (Å²) in [6.45, 7) is 1.40. The Labute approximate surface area is 116 Å². The molecule has 0 aromatic carbocycles. The van der Waals surface area contributed by atoms with Crippen molar-refractivity contribution < 1.29 is 19.1 Å². The average Bonchev–Trinajstić information content (AvgIpc) is 2.47. The average molecular weight is 282 g/mol. The molecular formula is C12H18N4O4. The maximum atomic E-state index is 11.4. The molecule has 0 bridgehead atoms. The van der Waals surface area contributed by atoms with Crippen LogP contribution in [0, 0.1) is 0 Å². The zero-order valence-corrected chi connectivity index (χ0v) is 11.5. The number of amides is 1. The van der Waals surface area contributed by atoms with Gasteiger partial charge in [-0.05, 0) is 12.1 Å². The molecule has 0 aliphatic rings. The summed E-state index contributed by atoms with van der Waals surface area (Å²) in [5.74, 6) is -0.127. The summed E-state index contributed by atoms with van der Waals surface area (Å²) < 4.78 is 9.33. The molecule has 0 aliphatic heterocycles. The zero-order chi connectivity index (χ0) is 14.8. The molecule has 0 fully saturated rings. The molecule has 1 rings (SSSR count). The highest BCUT2D eigenvalue weighted by molar-refractivity contribution is 5.86. The second-order valence-electron chi connectivity index (χ2n) is 3.81. The van der Waals surface area contributed by atoms with Gasteiger partial charge in [0, 0.05) is 26.6 Å². The van der Waals surface area contributed by atoms with Crippen LogP contribution in [0.3, 0.4) is 0 Å². The van der Waals surface area contributed by atoms with Crippen molar-refractivity contribution in [2.45, 2.75) is 6.42 Å². The summed E-state index contributed by atoms with van der Waals surface area (Å²) in [5, 5.41) is 13.1. The summed E-state index contributed by atoms with van der Waals surface area (Å²) in [6.07, 6.45) is 0.310. The SMILES string of the molecule is COCCNC(=O)CCNc1ccc(C(=O)OC)nn1. The van der Waals surface area contributed by atoms with Crippen LogP contribution in [0.25, 0.3) is 0 Å². The maximum Gasteiger partial charge on any atom is 0.358 e. The fraction of sp³-hybridized carbons (Fsp3) is 0.500. The highest BCUT2D eigenvalue weighted by atomic mass is 16.5. The van der Waals surface area contributed by atoms with E-state index in [1.165, 1.54) is 13.2 Å². The molecule has 2 N–H and O–H groups in total. The van der Waals surface area contributed by atoms with Crippen LogP contribution >= 0.6 is 0 Å². The fourth-order valence-corrected chi connectivity index (χ4v) is 1.32. The molecule has 8 nitrogen and oxygen atoms in total. The zero-order valence-electron chi connectivity index (χ0n) is 11.5. The van der Waals surface area contributed by atoms with Crippen molar-refractivity contribution in [1.82, 2.24) is 15.5 Å². The molecule has 0 atom stereocenters. The Hall–Kier alpha value is -2.22. The van der Waals surface area contributed by atoms with Gasteiger partial charge in [0.25, 0.3) is 0 Å². The molecule has 1 heterocycles. The monoisotopic (exact) mass is 282 g/mol. The number of aromatic nitrogens is 2. The standard InChI is InChI=1S/C12H18N4O4/c1-19-8-7-14-11(17)5-6-13-10-4-3-9(15-16-10)12(18)20-2/h3-4H,5-8H2,1-2H3,(H,13,16)(H,14,17). The number of anilines is 1. The smallest absolute Gasteiger partial charge is 0.358 e. The van der Waals surface area contributed by atoms with E-state index in [2.05, 4.69) is 25.6 Å². The first kappa shape index (κ1) is 15.8. The number of nitrogens with one attached hydrogen (secondary N) is 2. The minimum Gasteiger partial charge on any atom is -0.464 e. The lowest BCUT2D eigenvalue weighted by Gasteiger charge is -2.06. The largest absolute Gasteiger partial charge is 0.464 e. The lowest BCUT2D eigenvalue weighted by Crippen LogP contribution is -2.28. The Morgan fingerprint density at radius 3 is 2.60 bits per heavy atom. The molecule has 0 saturated carbocycles. The Balaban J connectivity index is 2.28. The summed E-state index contributed by atoms with van der Waals surface area (Å²) in [6, 6.07) is 3.10. The molecule has 1 amide bonds. The first-order valence-electron chi connectivity index (χ1n) is 6.09. The van der Waals surface area contributed by atoms with E-state index >= 15 is 0 Å². The van der Waals surface area contributed by atoms with E-state index in [9.17, 15) is 9.59 Å². The van der Waals surface area contributed by atoms with Crippen LogP contribution in [-0.2, 0) is 14.3 Å². The van der Waals surface area contributed by atoms with Crippen LogP contribution in [-0.4, -0.2) is 56.0 Å². The van der Waals surface area contributed by atoms with Gasteiger partial charge in [-0.15, -0.1) is 10.2 Å². The Morgan fingerprint density at radius 2 is 2.00 bits per heavy atom. The second kappa shape index (κ2) is 8.81. The Bertz CT molecular complexity index is 436. The highest BCUT2D eigenvalue weighted by Crippen LogP contribution is 2.02. The van der Waals surface area contributed by atoms with Gasteiger partial charge in [0.2, 0.25) is 5.91 Å². The van der Waals surface area contributed by atoms with Crippen LogP contribution in [0.2, 0.25) is 0 Å². The van der Waals surface area contributed by atoms with E-state index in [1.807, 2.05) is 0 Å². The van der Waals surface area contributed by atoms with Gasteiger partial charge in [-0.3, -0.25) is 4.79 Å². The third-order valence-electron chi connectivity index (χ3n) is 2.35. The topological polar surface area (TPSA) is 102 Å². The van der Waals surface area contributed by atoms with Gasteiger partial charge in [0.05, 0.1) is 13.7 Å². The van der Waals surface area contributed by atoms with E-state index in [4.69, 9.17) is 4.74 Å². The molecule has 0 radical (unpaired) electrons. The van der Waals surface area contributed by atoms with E-state index in [0.29, 0.717) is 31.9 Å². The van der Waals surface area contributed by atoms with Gasteiger partial charge in [-0.1, -0.05) is 0 Å². The van der Waals surface area contributed by atoms with Crippen molar-refractivity contribution >= 4 is 17.7 Å². The van der Waals surface area contributed by atoms with E-state index in [1.54, 1.807) is 13.2 Å². The number of esters is 1. The van der Waals surface area contributed by atoms with E-state index in [0.717, 1.165) is 0 Å². The van der Waals surface area contributed by atoms with Gasteiger partial charge in [-0.25, -0.2) is 4.79 Å². The van der Waals surface area contributed by atoms with Crippen molar-refractivity contribution in [3.8, 4) is 0 Å². The molecule has 0 saturated heterocycles. The number of nitrogens with zero attached hydrogens (tertiary/aromatic N) is 2. The van der Waals surface area contributed by atoms with Gasteiger partial charge in [0.15, 0.2) is 5.69 Å². The van der Waals surface area contributed by atoms with Gasteiger partial charge < -0.3 is 20.1 Å². The number of ether oxygens (including phenoxy) is 2. The van der Waals surface area contributed by atoms with Gasteiger partial charge in [0.1, 0.15) is 5.82 Å². The lowest BCUT2D eigenvalue weighted by atomic mass is 10.3. The Kier molecular flexibility index (Phi) is 6.97. The van der Waals surface area contributed by atoms with Crippen molar-refractivity contribution in [3.05, 3.63) is 17.8 Å². The normalized spacial score (nSPS) is 9.90. The van der Waals surface area contributed by atoms with Crippen LogP contribution in [0.5, 0.6) is 0 Å². The number of carbonyl (C=O) groups is 2. The second-order valence-corrected chi connectivity index (χ2v) is 3.81. The van der Waals surface area contributed by atoms with Gasteiger partial charge in [-0.2, -0.15) is 0 Å². The molecule has 20 heavy (non-hydrogen) atoms. The van der Waals surface area contributed by atoms with Crippen LogP contribution < -0.4 is 10.6 Å². The quantitative estimate of drug-likeness (QED) is 0.504. The summed E-state index contributed by atoms with van der Waals surface area (Å²) >= 11 is 0. The lowest BCUT2D eigenvalue weighted by molar-refractivity contribution is -0.121. The molecule has 1 aromatic heterocycles. The molecule has 8 heteroatoms. The van der Waals surface area contributed by atoms with Crippen molar-refractivity contribution in [2.24, 2.45) is 0 Å². The molecule has 110 valence electrons. The summed E-state index contributed by atoms with van der Waals surface area (Å²) in [7, 11) is 2.85. The fourth-order valence-electron chi connectivity index (χ4n) is 1.32. The molecule has 1 aromatic rings. The molecule has 0 unspecified atom stereocenters. The highest BCUT2D eigenvalue weighted by Gasteiger charge is 2.07. The number of hydrogen-bond donors (Lipinski definition) is 2. The Morgan fingerprint density at radius 1 is 1.20 bits per heavy atom. The van der Waals surface area contributed by atoms with Crippen molar-refractivity contribution in [2.75, 3.05) is 39.2 Å². The number of hydrogen-bond acceptors (Lipinski definition) is 7. The third-order valence-corrected chi connectivity index (χ3v) is 2.35. The van der Waals surface area contributed by atoms with Crippen LogP contribution in [0.1, 0.15) is 16.9 Å². The minimum atomic E-state index is -0.540. The van der Waals surface area contributed by atoms with Crippen LogP contribution in [0.4, 0.5) is 5.82 Å². The first-order valence-corrected chi connectivity index (χ1v) is 6.09. The summed E-state index contributed by atoms with van der Waals surface area (Å²) in [4.78, 5) is 22.5. The van der Waals surface area contributed by atoms with Crippen LogP contribution in [0.15, 0.2) is 12.1 Å². The summed E-state index contributed by atoms with van der Waals surface area (Å²) in [5.41, 5.74) is 0.135. The van der Waals surface area contributed by atoms with Crippen molar-refractivity contribution in [1.29, 1.82) is 0 Å². The van der Waals surface area contributed by atoms with Crippen molar-refractivity contribution in [3.63, 3.8) is 0 Å².